The number of ether oxygens (including phenoxy) is 1. The molecule has 1 fully saturated rings. The summed E-state index contributed by atoms with van der Waals surface area (Å²) in [5.74, 6) is -0.0524. The van der Waals surface area contributed by atoms with Gasteiger partial charge in [-0.15, -0.1) is 0 Å². The smallest absolute Gasteiger partial charge is 0.230 e. The molecule has 1 aliphatic heterocycles. The van der Waals surface area contributed by atoms with Gasteiger partial charge in [-0.3, -0.25) is 9.48 Å². The van der Waals surface area contributed by atoms with E-state index in [1.165, 1.54) is 0 Å². The number of carbonyl (C=O) groups is 1. The lowest BCUT2D eigenvalue weighted by Crippen LogP contribution is -2.49. The van der Waals surface area contributed by atoms with Crippen molar-refractivity contribution in [3.63, 3.8) is 0 Å². The molecule has 0 saturated carbocycles. The summed E-state index contributed by atoms with van der Waals surface area (Å²) in [5.41, 5.74) is 7.37. The summed E-state index contributed by atoms with van der Waals surface area (Å²) in [5, 5.41) is 7.30. The van der Waals surface area contributed by atoms with E-state index in [1.807, 2.05) is 20.2 Å². The molecule has 0 aromatic carbocycles. The minimum Gasteiger partial charge on any atom is -0.379 e. The van der Waals surface area contributed by atoms with Crippen molar-refractivity contribution in [2.24, 2.45) is 18.2 Å². The number of nitrogens with one attached hydrogen (secondary N) is 1. The van der Waals surface area contributed by atoms with Gasteiger partial charge in [-0.1, -0.05) is 6.92 Å². The van der Waals surface area contributed by atoms with Gasteiger partial charge in [-0.25, -0.2) is 0 Å². The summed E-state index contributed by atoms with van der Waals surface area (Å²) in [4.78, 5) is 12.3. The highest BCUT2D eigenvalue weighted by Crippen LogP contribution is 2.27. The van der Waals surface area contributed by atoms with Crippen LogP contribution in [0, 0.1) is 5.41 Å². The van der Waals surface area contributed by atoms with E-state index < -0.39 is 5.41 Å². The molecule has 19 heavy (non-hydrogen) atoms. The van der Waals surface area contributed by atoms with Crippen LogP contribution >= 0.6 is 0 Å². The van der Waals surface area contributed by atoms with Crippen LogP contribution in [0.3, 0.4) is 0 Å². The van der Waals surface area contributed by atoms with Crippen molar-refractivity contribution in [1.29, 1.82) is 0 Å². The lowest BCUT2D eigenvalue weighted by molar-refractivity contribution is -0.130. The average molecular weight is 266 g/mol. The molecule has 1 aromatic heterocycles. The van der Waals surface area contributed by atoms with Crippen LogP contribution in [0.1, 0.15) is 25.1 Å². The van der Waals surface area contributed by atoms with Crippen molar-refractivity contribution in [2.75, 3.05) is 13.2 Å². The molecule has 6 heteroatoms. The molecule has 2 heterocycles. The van der Waals surface area contributed by atoms with E-state index in [0.29, 0.717) is 19.8 Å². The van der Waals surface area contributed by atoms with Crippen molar-refractivity contribution in [3.05, 3.63) is 17.5 Å². The molecule has 2 atom stereocenters. The molecule has 0 aliphatic carbocycles. The van der Waals surface area contributed by atoms with Crippen LogP contribution in [-0.4, -0.2) is 34.9 Å². The quantitative estimate of drug-likeness (QED) is 0.801. The van der Waals surface area contributed by atoms with Gasteiger partial charge >= 0.3 is 0 Å². The van der Waals surface area contributed by atoms with Crippen molar-refractivity contribution < 1.29 is 9.53 Å². The van der Waals surface area contributed by atoms with Crippen molar-refractivity contribution in [1.82, 2.24) is 15.1 Å². The molecule has 2 rings (SSSR count). The Morgan fingerprint density at radius 2 is 2.47 bits per heavy atom. The average Bonchev–Trinajstić information content (AvgIpc) is 2.91. The summed E-state index contributed by atoms with van der Waals surface area (Å²) in [6.45, 7) is 5.21. The topological polar surface area (TPSA) is 82.2 Å². The monoisotopic (exact) mass is 266 g/mol. The molecule has 6 nitrogen and oxygen atoms in total. The molecule has 2 unspecified atom stereocenters. The third kappa shape index (κ3) is 2.64. The zero-order chi connectivity index (χ0) is 14.0. The molecule has 0 radical (unpaired) electrons. The van der Waals surface area contributed by atoms with Crippen LogP contribution in [0.2, 0.25) is 0 Å². The number of aryl methyl sites for hydroxylation is 2. The Morgan fingerprint density at radius 1 is 1.74 bits per heavy atom. The normalized spacial score (nSPS) is 26.6. The number of hydrogen-bond acceptors (Lipinski definition) is 4. The fourth-order valence-electron chi connectivity index (χ4n) is 2.33. The second-order valence-corrected chi connectivity index (χ2v) is 5.35. The van der Waals surface area contributed by atoms with Crippen LogP contribution in [0.15, 0.2) is 6.20 Å². The number of nitrogens with zero attached hydrogens (tertiary/aromatic N) is 2. The van der Waals surface area contributed by atoms with E-state index in [-0.39, 0.29) is 11.9 Å². The molecule has 0 bridgehead atoms. The Hall–Kier alpha value is -1.40. The molecular weight excluding hydrogens is 244 g/mol. The first-order valence-corrected chi connectivity index (χ1v) is 6.60. The number of carbonyl (C=O) groups excluding carboxylic acids is 1. The Balaban J connectivity index is 2.00. The summed E-state index contributed by atoms with van der Waals surface area (Å²) in [7, 11) is 1.88. The molecular formula is C13H22N4O2. The van der Waals surface area contributed by atoms with Gasteiger partial charge in [0.1, 0.15) is 0 Å². The molecule has 1 saturated heterocycles. The van der Waals surface area contributed by atoms with E-state index in [9.17, 15) is 4.79 Å². The van der Waals surface area contributed by atoms with Crippen molar-refractivity contribution in [3.8, 4) is 0 Å². The van der Waals surface area contributed by atoms with Crippen LogP contribution in [0.5, 0.6) is 0 Å². The molecule has 106 valence electrons. The zero-order valence-corrected chi connectivity index (χ0v) is 11.8. The number of amides is 1. The van der Waals surface area contributed by atoms with Gasteiger partial charge in [0.05, 0.1) is 24.3 Å². The van der Waals surface area contributed by atoms with Crippen LogP contribution in [-0.2, 0) is 29.5 Å². The number of aromatic nitrogens is 2. The van der Waals surface area contributed by atoms with E-state index in [1.54, 1.807) is 4.68 Å². The maximum atomic E-state index is 12.3. The first kappa shape index (κ1) is 14.0. The van der Waals surface area contributed by atoms with Crippen LogP contribution in [0.25, 0.3) is 0 Å². The van der Waals surface area contributed by atoms with Crippen molar-refractivity contribution >= 4 is 5.91 Å². The van der Waals surface area contributed by atoms with E-state index in [2.05, 4.69) is 17.3 Å². The summed E-state index contributed by atoms with van der Waals surface area (Å²) >= 11 is 0. The lowest BCUT2D eigenvalue weighted by Gasteiger charge is -2.25. The van der Waals surface area contributed by atoms with Gasteiger partial charge in [-0.05, 0) is 13.3 Å². The largest absolute Gasteiger partial charge is 0.379 e. The van der Waals surface area contributed by atoms with Crippen molar-refractivity contribution in [2.45, 2.75) is 32.9 Å². The zero-order valence-electron chi connectivity index (χ0n) is 11.8. The summed E-state index contributed by atoms with van der Waals surface area (Å²) in [6.07, 6.45) is 2.79. The van der Waals surface area contributed by atoms with Gasteiger partial charge in [0, 0.05) is 31.4 Å². The van der Waals surface area contributed by atoms with Gasteiger partial charge in [0.25, 0.3) is 0 Å². The fourth-order valence-corrected chi connectivity index (χ4v) is 2.33. The Kier molecular flexibility index (Phi) is 3.91. The molecule has 1 aromatic rings. The fraction of sp³-hybridized carbons (Fsp3) is 0.692. The second-order valence-electron chi connectivity index (χ2n) is 5.35. The maximum absolute atomic E-state index is 12.3. The standard InChI is InChI=1S/C13H22N4O2/c1-4-10-9(6-17(3)16-10)5-15-12(18)13(2)8-19-7-11(13)14/h6,11H,4-5,7-8,14H2,1-3H3,(H,15,18). The first-order valence-electron chi connectivity index (χ1n) is 6.60. The van der Waals surface area contributed by atoms with Gasteiger partial charge in [-0.2, -0.15) is 5.10 Å². The second kappa shape index (κ2) is 5.30. The van der Waals surface area contributed by atoms with Gasteiger partial charge < -0.3 is 15.8 Å². The number of hydrogen-bond donors (Lipinski definition) is 2. The number of rotatable bonds is 4. The highest BCUT2D eigenvalue weighted by atomic mass is 16.5. The van der Waals surface area contributed by atoms with Crippen LogP contribution < -0.4 is 11.1 Å². The predicted octanol–water partition coefficient (Wildman–Crippen LogP) is -0.0375. The SMILES string of the molecule is CCc1nn(C)cc1CNC(=O)C1(C)COCC1N. The summed E-state index contributed by atoms with van der Waals surface area (Å²) < 4.78 is 7.06. The van der Waals surface area contributed by atoms with Gasteiger partial charge in [0.2, 0.25) is 5.91 Å². The maximum Gasteiger partial charge on any atom is 0.230 e. The lowest BCUT2D eigenvalue weighted by atomic mass is 9.85. The van der Waals surface area contributed by atoms with E-state index >= 15 is 0 Å². The highest BCUT2D eigenvalue weighted by Gasteiger charge is 2.44. The molecule has 1 amide bonds. The minimum absolute atomic E-state index is 0.0524. The Morgan fingerprint density at radius 3 is 3.05 bits per heavy atom. The third-order valence-electron chi connectivity index (χ3n) is 3.80. The Bertz CT molecular complexity index is 471. The van der Waals surface area contributed by atoms with E-state index in [4.69, 9.17) is 10.5 Å². The third-order valence-corrected chi connectivity index (χ3v) is 3.80. The minimum atomic E-state index is -0.630. The Labute approximate surface area is 113 Å². The summed E-state index contributed by atoms with van der Waals surface area (Å²) in [6, 6.07) is -0.243. The predicted molar refractivity (Wildman–Crippen MR) is 71.3 cm³/mol. The van der Waals surface area contributed by atoms with E-state index in [0.717, 1.165) is 17.7 Å². The van der Waals surface area contributed by atoms with Gasteiger partial charge in [0.15, 0.2) is 0 Å². The molecule has 1 aliphatic rings. The molecule has 0 spiro atoms. The number of nitrogens with two attached hydrogens (primary N) is 1. The first-order chi connectivity index (χ1) is 8.97. The van der Waals surface area contributed by atoms with Crippen LogP contribution in [0.4, 0.5) is 0 Å². The highest BCUT2D eigenvalue weighted by molar-refractivity contribution is 5.83. The molecule has 3 N–H and O–H groups in total.